The van der Waals surface area contributed by atoms with E-state index < -0.39 is 0 Å². The van der Waals surface area contributed by atoms with Gasteiger partial charge in [-0.2, -0.15) is 5.10 Å². The van der Waals surface area contributed by atoms with Crippen molar-refractivity contribution in [3.05, 3.63) is 48.2 Å². The molecule has 0 bridgehead atoms. The second kappa shape index (κ2) is 7.47. The Morgan fingerprint density at radius 2 is 1.96 bits per heavy atom. The highest BCUT2D eigenvalue weighted by Gasteiger charge is 2.14. The van der Waals surface area contributed by atoms with E-state index in [1.807, 2.05) is 36.0 Å². The normalized spacial score (nSPS) is 11.2. The maximum absolute atomic E-state index is 9.80. The smallest absolute Gasteiger partial charge is 0.116 e. The zero-order valence-electron chi connectivity index (χ0n) is 13.9. The summed E-state index contributed by atoms with van der Waals surface area (Å²) in [5, 5.41) is 27.6. The van der Waals surface area contributed by atoms with Crippen LogP contribution in [0, 0.1) is 0 Å². The lowest BCUT2D eigenvalue weighted by atomic mass is 9.98. The summed E-state index contributed by atoms with van der Waals surface area (Å²) >= 11 is 0. The molecule has 0 unspecified atom stereocenters. The first kappa shape index (κ1) is 16.5. The highest BCUT2D eigenvalue weighted by atomic mass is 16.3. The molecule has 3 aromatic rings. The molecule has 5 nitrogen and oxygen atoms in total. The lowest BCUT2D eigenvalue weighted by molar-refractivity contribution is 0.292. The van der Waals surface area contributed by atoms with Gasteiger partial charge in [-0.1, -0.05) is 24.3 Å². The molecule has 24 heavy (non-hydrogen) atoms. The van der Waals surface area contributed by atoms with Gasteiger partial charge < -0.3 is 15.5 Å². The van der Waals surface area contributed by atoms with Crippen LogP contribution in [0.15, 0.2) is 42.5 Å². The van der Waals surface area contributed by atoms with Gasteiger partial charge in [-0.3, -0.25) is 4.68 Å². The first-order chi connectivity index (χ1) is 11.7. The SMILES string of the molecule is Cn1nc2cccc(-c3cccc(O)c3)c2c1CCCNCCO. The van der Waals surface area contributed by atoms with Crippen LogP contribution in [0.3, 0.4) is 0 Å². The summed E-state index contributed by atoms with van der Waals surface area (Å²) in [7, 11) is 1.97. The molecule has 0 amide bonds. The average Bonchev–Trinajstić information content (AvgIpc) is 2.90. The molecule has 0 saturated carbocycles. The van der Waals surface area contributed by atoms with Crippen LogP contribution in [0.2, 0.25) is 0 Å². The van der Waals surface area contributed by atoms with Gasteiger partial charge in [-0.15, -0.1) is 0 Å². The number of aliphatic hydroxyl groups excluding tert-OH is 1. The Balaban J connectivity index is 1.95. The molecule has 126 valence electrons. The number of fused-ring (bicyclic) bond motifs is 1. The molecule has 0 radical (unpaired) electrons. The quantitative estimate of drug-likeness (QED) is 0.584. The Morgan fingerprint density at radius 3 is 2.75 bits per heavy atom. The molecule has 0 aliphatic heterocycles. The van der Waals surface area contributed by atoms with Crippen molar-refractivity contribution in [1.29, 1.82) is 0 Å². The molecule has 0 saturated heterocycles. The summed E-state index contributed by atoms with van der Waals surface area (Å²) in [4.78, 5) is 0. The van der Waals surface area contributed by atoms with E-state index in [0.29, 0.717) is 6.54 Å². The number of benzene rings is 2. The number of phenols is 1. The van der Waals surface area contributed by atoms with E-state index in [0.717, 1.165) is 41.4 Å². The van der Waals surface area contributed by atoms with Gasteiger partial charge in [0.05, 0.1) is 12.1 Å². The van der Waals surface area contributed by atoms with Crippen LogP contribution in [0.25, 0.3) is 22.0 Å². The number of aromatic hydroxyl groups is 1. The molecular formula is C19H23N3O2. The molecule has 1 heterocycles. The van der Waals surface area contributed by atoms with Gasteiger partial charge in [0.1, 0.15) is 5.75 Å². The largest absolute Gasteiger partial charge is 0.508 e. The molecule has 3 rings (SSSR count). The Morgan fingerprint density at radius 1 is 1.12 bits per heavy atom. The highest BCUT2D eigenvalue weighted by Crippen LogP contribution is 2.32. The zero-order chi connectivity index (χ0) is 16.9. The lowest BCUT2D eigenvalue weighted by Crippen LogP contribution is -2.20. The first-order valence-electron chi connectivity index (χ1n) is 8.26. The zero-order valence-corrected chi connectivity index (χ0v) is 13.9. The average molecular weight is 325 g/mol. The minimum Gasteiger partial charge on any atom is -0.508 e. The summed E-state index contributed by atoms with van der Waals surface area (Å²) in [5.41, 5.74) is 4.24. The second-order valence-corrected chi connectivity index (χ2v) is 5.90. The predicted octanol–water partition coefficient (Wildman–Crippen LogP) is 2.46. The van der Waals surface area contributed by atoms with Crippen molar-refractivity contribution in [2.24, 2.45) is 7.05 Å². The number of hydrogen-bond donors (Lipinski definition) is 3. The van der Waals surface area contributed by atoms with Crippen LogP contribution < -0.4 is 5.32 Å². The lowest BCUT2D eigenvalue weighted by Gasteiger charge is -2.08. The van der Waals surface area contributed by atoms with Crippen molar-refractivity contribution in [2.75, 3.05) is 19.7 Å². The van der Waals surface area contributed by atoms with Crippen molar-refractivity contribution in [2.45, 2.75) is 12.8 Å². The number of phenolic OH excluding ortho intramolecular Hbond substituents is 1. The minimum atomic E-state index is 0.163. The molecule has 1 aromatic heterocycles. The number of nitrogens with one attached hydrogen (secondary N) is 1. The van der Waals surface area contributed by atoms with E-state index in [9.17, 15) is 5.11 Å². The number of aliphatic hydroxyl groups is 1. The van der Waals surface area contributed by atoms with Crippen molar-refractivity contribution < 1.29 is 10.2 Å². The molecule has 0 fully saturated rings. The Kier molecular flexibility index (Phi) is 5.13. The Labute approximate surface area is 141 Å². The Bertz CT molecular complexity index is 827. The maximum Gasteiger partial charge on any atom is 0.116 e. The van der Waals surface area contributed by atoms with Gasteiger partial charge >= 0.3 is 0 Å². The fourth-order valence-electron chi connectivity index (χ4n) is 3.10. The Hall–Kier alpha value is -2.37. The van der Waals surface area contributed by atoms with Gasteiger partial charge in [0.25, 0.3) is 0 Å². The summed E-state index contributed by atoms with van der Waals surface area (Å²) in [5.74, 6) is 0.267. The summed E-state index contributed by atoms with van der Waals surface area (Å²) in [6.45, 7) is 1.65. The van der Waals surface area contributed by atoms with Crippen molar-refractivity contribution in [3.8, 4) is 16.9 Å². The standard InChI is InChI=1S/C19H23N3O2/c1-22-18(9-4-10-20-11-12-23)19-16(7-3-8-17(19)21-22)14-5-2-6-15(24)13-14/h2-3,5-8,13,20,23-24H,4,9-12H2,1H3. The van der Waals surface area contributed by atoms with E-state index in [1.54, 1.807) is 12.1 Å². The molecule has 0 spiro atoms. The molecule has 0 aliphatic rings. The monoisotopic (exact) mass is 325 g/mol. The topological polar surface area (TPSA) is 70.3 Å². The van der Waals surface area contributed by atoms with E-state index in [-0.39, 0.29) is 12.4 Å². The van der Waals surface area contributed by atoms with Gasteiger partial charge in [0, 0.05) is 24.7 Å². The molecule has 5 heteroatoms. The highest BCUT2D eigenvalue weighted by molar-refractivity contribution is 5.97. The van der Waals surface area contributed by atoms with E-state index in [1.165, 1.54) is 5.69 Å². The van der Waals surface area contributed by atoms with Crippen molar-refractivity contribution in [1.82, 2.24) is 15.1 Å². The third kappa shape index (κ3) is 3.42. The number of aromatic nitrogens is 2. The van der Waals surface area contributed by atoms with Gasteiger partial charge in [-0.25, -0.2) is 0 Å². The molecule has 0 aliphatic carbocycles. The number of nitrogens with zero attached hydrogens (tertiary/aromatic N) is 2. The van der Waals surface area contributed by atoms with Crippen LogP contribution in [0.1, 0.15) is 12.1 Å². The van der Waals surface area contributed by atoms with Crippen LogP contribution >= 0.6 is 0 Å². The summed E-state index contributed by atoms with van der Waals surface area (Å²) in [6, 6.07) is 13.4. The number of aryl methyl sites for hydroxylation is 2. The summed E-state index contributed by atoms with van der Waals surface area (Å²) < 4.78 is 1.95. The predicted molar refractivity (Wildman–Crippen MR) is 96.1 cm³/mol. The van der Waals surface area contributed by atoms with Gasteiger partial charge in [0.2, 0.25) is 0 Å². The second-order valence-electron chi connectivity index (χ2n) is 5.90. The van der Waals surface area contributed by atoms with Gasteiger partial charge in [0.15, 0.2) is 0 Å². The molecule has 2 aromatic carbocycles. The molecule has 3 N–H and O–H groups in total. The third-order valence-corrected chi connectivity index (χ3v) is 4.19. The van der Waals surface area contributed by atoms with Crippen LogP contribution in [0.4, 0.5) is 0 Å². The third-order valence-electron chi connectivity index (χ3n) is 4.19. The maximum atomic E-state index is 9.80. The van der Waals surface area contributed by atoms with E-state index in [2.05, 4.69) is 16.5 Å². The van der Waals surface area contributed by atoms with Crippen molar-refractivity contribution in [3.63, 3.8) is 0 Å². The summed E-state index contributed by atoms with van der Waals surface area (Å²) in [6.07, 6.45) is 1.88. The van der Waals surface area contributed by atoms with Gasteiger partial charge in [-0.05, 0) is 48.7 Å². The molecular weight excluding hydrogens is 302 g/mol. The fraction of sp³-hybridized carbons (Fsp3) is 0.316. The van der Waals surface area contributed by atoms with E-state index >= 15 is 0 Å². The number of rotatable bonds is 7. The number of hydrogen-bond acceptors (Lipinski definition) is 4. The van der Waals surface area contributed by atoms with Crippen LogP contribution in [0.5, 0.6) is 5.75 Å². The van der Waals surface area contributed by atoms with Crippen LogP contribution in [-0.2, 0) is 13.5 Å². The fourth-order valence-corrected chi connectivity index (χ4v) is 3.10. The van der Waals surface area contributed by atoms with E-state index in [4.69, 9.17) is 5.11 Å². The van der Waals surface area contributed by atoms with Crippen LogP contribution in [-0.4, -0.2) is 39.7 Å². The minimum absolute atomic E-state index is 0.163. The molecule has 0 atom stereocenters. The first-order valence-corrected chi connectivity index (χ1v) is 8.26. The van der Waals surface area contributed by atoms with Crippen molar-refractivity contribution >= 4 is 10.9 Å².